The van der Waals surface area contributed by atoms with Crippen molar-refractivity contribution in [2.24, 2.45) is 4.99 Å². The van der Waals surface area contributed by atoms with E-state index in [1.807, 2.05) is 0 Å². The number of phenolic OH excluding ortho intramolecular Hbond substituents is 1. The molecule has 0 aliphatic carbocycles. The third-order valence-electron chi connectivity index (χ3n) is 2.59. The first kappa shape index (κ1) is 13.9. The number of carboxylic acids is 1. The molecule has 8 nitrogen and oxygen atoms in total. The Hall–Kier alpha value is -2.48. The molecule has 0 saturated carbocycles. The van der Waals surface area contributed by atoms with E-state index in [1.165, 1.54) is 12.1 Å². The number of aliphatic hydroxyl groups is 1. The summed E-state index contributed by atoms with van der Waals surface area (Å²) < 4.78 is 0. The lowest BCUT2D eigenvalue weighted by Crippen LogP contribution is -2.42. The Labute approximate surface area is 115 Å². The van der Waals surface area contributed by atoms with Crippen molar-refractivity contribution in [3.8, 4) is 5.75 Å². The Morgan fingerprint density at radius 3 is 2.80 bits per heavy atom. The summed E-state index contributed by atoms with van der Waals surface area (Å²) in [6.45, 7) is 0.460. The topological polar surface area (TPSA) is 126 Å². The summed E-state index contributed by atoms with van der Waals surface area (Å²) in [6.07, 6.45) is -0.502. The summed E-state index contributed by atoms with van der Waals surface area (Å²) >= 11 is 0. The maximum atomic E-state index is 10.5. The number of anilines is 2. The minimum Gasteiger partial charge on any atom is -0.508 e. The smallest absolute Gasteiger partial charge is 0.322 e. The van der Waals surface area contributed by atoms with Gasteiger partial charge in [0, 0.05) is 30.1 Å². The molecule has 1 unspecified atom stereocenters. The SMILES string of the molecule is O=C(O)CNc1cc(O)cc(NC2=NCC(O)CN2)c1. The molecule has 0 fully saturated rings. The second kappa shape index (κ2) is 6.11. The Kier molecular flexibility index (Phi) is 4.26. The van der Waals surface area contributed by atoms with Gasteiger partial charge in [0.1, 0.15) is 12.3 Å². The number of carboxylic acid groups (broad SMARTS) is 1. The molecule has 8 heteroatoms. The number of guanidine groups is 1. The van der Waals surface area contributed by atoms with Gasteiger partial charge in [0.05, 0.1) is 12.6 Å². The van der Waals surface area contributed by atoms with Crippen LogP contribution >= 0.6 is 0 Å². The number of aromatic hydroxyl groups is 1. The monoisotopic (exact) mass is 280 g/mol. The zero-order chi connectivity index (χ0) is 14.5. The van der Waals surface area contributed by atoms with Crippen LogP contribution in [0.5, 0.6) is 5.75 Å². The highest BCUT2D eigenvalue weighted by atomic mass is 16.4. The van der Waals surface area contributed by atoms with Crippen LogP contribution in [0.25, 0.3) is 0 Å². The van der Waals surface area contributed by atoms with E-state index in [-0.39, 0.29) is 12.3 Å². The first-order valence-corrected chi connectivity index (χ1v) is 6.06. The average molecular weight is 280 g/mol. The number of β-amino-alcohol motifs (C(OH)–C–C–N with tert-alkyl or cyclic N) is 1. The maximum absolute atomic E-state index is 10.5. The van der Waals surface area contributed by atoms with E-state index >= 15 is 0 Å². The van der Waals surface area contributed by atoms with Gasteiger partial charge < -0.3 is 31.3 Å². The summed E-state index contributed by atoms with van der Waals surface area (Å²) in [7, 11) is 0. The van der Waals surface area contributed by atoms with Crippen LogP contribution in [0.2, 0.25) is 0 Å². The van der Waals surface area contributed by atoms with Crippen molar-refractivity contribution in [2.45, 2.75) is 6.10 Å². The van der Waals surface area contributed by atoms with Crippen molar-refractivity contribution in [3.05, 3.63) is 18.2 Å². The molecule has 2 rings (SSSR count). The van der Waals surface area contributed by atoms with Gasteiger partial charge in [-0.25, -0.2) is 0 Å². The predicted octanol–water partition coefficient (Wildman–Crippen LogP) is -0.379. The van der Waals surface area contributed by atoms with Crippen LogP contribution in [0.1, 0.15) is 0 Å². The Morgan fingerprint density at radius 1 is 1.40 bits per heavy atom. The van der Waals surface area contributed by atoms with Gasteiger partial charge in [-0.05, 0) is 6.07 Å². The van der Waals surface area contributed by atoms with E-state index < -0.39 is 12.1 Å². The molecule has 0 amide bonds. The fourth-order valence-electron chi connectivity index (χ4n) is 1.72. The molecule has 0 spiro atoms. The zero-order valence-corrected chi connectivity index (χ0v) is 10.6. The van der Waals surface area contributed by atoms with Crippen molar-refractivity contribution in [1.82, 2.24) is 5.32 Å². The normalized spacial score (nSPS) is 17.9. The van der Waals surface area contributed by atoms with Gasteiger partial charge in [-0.1, -0.05) is 0 Å². The molecule has 1 aliphatic heterocycles. The molecule has 1 aliphatic rings. The summed E-state index contributed by atoms with van der Waals surface area (Å²) in [5, 5.41) is 36.0. The lowest BCUT2D eigenvalue weighted by molar-refractivity contribution is -0.134. The molecule has 1 aromatic rings. The third kappa shape index (κ3) is 4.02. The van der Waals surface area contributed by atoms with Gasteiger partial charge >= 0.3 is 5.97 Å². The molecule has 6 N–H and O–H groups in total. The molecule has 0 aromatic heterocycles. The van der Waals surface area contributed by atoms with Gasteiger partial charge in [-0.2, -0.15) is 0 Å². The Morgan fingerprint density at radius 2 is 2.15 bits per heavy atom. The quantitative estimate of drug-likeness (QED) is 0.444. The van der Waals surface area contributed by atoms with Crippen molar-refractivity contribution in [1.29, 1.82) is 0 Å². The van der Waals surface area contributed by atoms with Gasteiger partial charge in [0.25, 0.3) is 0 Å². The molecular formula is C12H16N4O4. The minimum atomic E-state index is -0.991. The van der Waals surface area contributed by atoms with Crippen LogP contribution in [0.15, 0.2) is 23.2 Å². The second-order valence-electron chi connectivity index (χ2n) is 4.36. The van der Waals surface area contributed by atoms with E-state index in [1.54, 1.807) is 6.07 Å². The van der Waals surface area contributed by atoms with Crippen molar-refractivity contribution >= 4 is 23.3 Å². The minimum absolute atomic E-state index is 0.000618. The Bertz CT molecular complexity index is 532. The number of nitrogens with zero attached hydrogens (tertiary/aromatic N) is 1. The van der Waals surface area contributed by atoms with E-state index in [0.29, 0.717) is 30.4 Å². The number of phenols is 1. The first-order chi connectivity index (χ1) is 9.52. The molecule has 1 atom stereocenters. The maximum Gasteiger partial charge on any atom is 0.322 e. The van der Waals surface area contributed by atoms with Crippen LogP contribution in [-0.4, -0.2) is 53.0 Å². The van der Waals surface area contributed by atoms with Gasteiger partial charge in [-0.15, -0.1) is 0 Å². The standard InChI is InChI=1S/C12H16N4O4/c17-9-2-7(13-6-11(19)20)1-8(3-9)16-12-14-4-10(18)5-15-12/h1-3,10,13,17-18H,4-6H2,(H,19,20)(H2,14,15,16). The van der Waals surface area contributed by atoms with Crippen molar-refractivity contribution in [2.75, 3.05) is 30.3 Å². The number of nitrogens with one attached hydrogen (secondary N) is 3. The lowest BCUT2D eigenvalue weighted by atomic mass is 10.2. The highest BCUT2D eigenvalue weighted by molar-refractivity contribution is 5.94. The largest absolute Gasteiger partial charge is 0.508 e. The zero-order valence-electron chi connectivity index (χ0n) is 10.6. The van der Waals surface area contributed by atoms with Gasteiger partial charge in [-0.3, -0.25) is 9.79 Å². The highest BCUT2D eigenvalue weighted by Crippen LogP contribution is 2.23. The number of carbonyl (C=O) groups is 1. The van der Waals surface area contributed by atoms with Crippen LogP contribution in [0.4, 0.5) is 11.4 Å². The number of benzene rings is 1. The molecule has 1 heterocycles. The number of aliphatic imine (C=N–C) groups is 1. The number of rotatable bonds is 4. The van der Waals surface area contributed by atoms with Crippen LogP contribution in [0.3, 0.4) is 0 Å². The van der Waals surface area contributed by atoms with E-state index in [9.17, 15) is 15.0 Å². The van der Waals surface area contributed by atoms with E-state index in [2.05, 4.69) is 20.9 Å². The summed E-state index contributed by atoms with van der Waals surface area (Å²) in [5.41, 5.74) is 1.03. The van der Waals surface area contributed by atoms with Gasteiger partial charge in [0.2, 0.25) is 0 Å². The fourth-order valence-corrected chi connectivity index (χ4v) is 1.72. The van der Waals surface area contributed by atoms with E-state index in [4.69, 9.17) is 5.11 Å². The molecule has 0 saturated heterocycles. The first-order valence-electron chi connectivity index (χ1n) is 6.06. The predicted molar refractivity (Wildman–Crippen MR) is 74.2 cm³/mol. The number of hydrogen-bond donors (Lipinski definition) is 6. The molecule has 0 radical (unpaired) electrons. The number of hydrogen-bond acceptors (Lipinski definition) is 7. The highest BCUT2D eigenvalue weighted by Gasteiger charge is 2.12. The lowest BCUT2D eigenvalue weighted by Gasteiger charge is -2.20. The second-order valence-corrected chi connectivity index (χ2v) is 4.36. The third-order valence-corrected chi connectivity index (χ3v) is 2.59. The van der Waals surface area contributed by atoms with Crippen LogP contribution in [-0.2, 0) is 4.79 Å². The van der Waals surface area contributed by atoms with Gasteiger partial charge in [0.15, 0.2) is 5.96 Å². The van der Waals surface area contributed by atoms with Crippen molar-refractivity contribution in [3.63, 3.8) is 0 Å². The van der Waals surface area contributed by atoms with Crippen LogP contribution < -0.4 is 16.0 Å². The molecule has 0 bridgehead atoms. The number of aliphatic hydroxyl groups excluding tert-OH is 1. The fraction of sp³-hybridized carbons (Fsp3) is 0.333. The number of aliphatic carboxylic acids is 1. The summed E-state index contributed by atoms with van der Waals surface area (Å²) in [4.78, 5) is 14.6. The van der Waals surface area contributed by atoms with Crippen molar-refractivity contribution < 1.29 is 20.1 Å². The molecule has 20 heavy (non-hydrogen) atoms. The van der Waals surface area contributed by atoms with E-state index in [0.717, 1.165) is 0 Å². The summed E-state index contributed by atoms with van der Waals surface area (Å²) in [5.74, 6) is -0.500. The molecule has 108 valence electrons. The molecule has 1 aromatic carbocycles. The van der Waals surface area contributed by atoms with Crippen LogP contribution in [0, 0.1) is 0 Å². The summed E-state index contributed by atoms with van der Waals surface area (Å²) in [6, 6.07) is 4.56. The molecular weight excluding hydrogens is 264 g/mol. The average Bonchev–Trinajstić information content (AvgIpc) is 2.38. The Balaban J connectivity index is 2.05.